The van der Waals surface area contributed by atoms with Crippen LogP contribution in [-0.4, -0.2) is 111 Å². The number of fused-ring (bicyclic) bond motifs is 1. The number of rotatable bonds is 9. The van der Waals surface area contributed by atoms with Crippen molar-refractivity contribution in [1.29, 1.82) is 0 Å². The molecule has 7 rings (SSSR count). The normalized spacial score (nSPS) is 25.6. The van der Waals surface area contributed by atoms with E-state index in [1.54, 1.807) is 12.3 Å². The second-order valence-corrected chi connectivity index (χ2v) is 16.4. The average molecular weight is 708 g/mol. The van der Waals surface area contributed by atoms with Gasteiger partial charge in [-0.2, -0.15) is 4.98 Å². The van der Waals surface area contributed by atoms with E-state index in [4.69, 9.17) is 19.4 Å². The number of carbonyl (C=O) groups excluding carboxylic acids is 1. The number of likely N-dealkylation sites (tertiary alicyclic amines) is 1. The van der Waals surface area contributed by atoms with Crippen molar-refractivity contribution in [3.8, 4) is 0 Å². The van der Waals surface area contributed by atoms with Crippen molar-refractivity contribution in [2.75, 3.05) is 73.9 Å². The van der Waals surface area contributed by atoms with Crippen molar-refractivity contribution in [1.82, 2.24) is 19.9 Å². The number of hydrogen-bond acceptors (Lipinski definition) is 11. The Morgan fingerprint density at radius 1 is 1.12 bits per heavy atom. The molecule has 6 heterocycles. The zero-order valence-electron chi connectivity index (χ0n) is 28.9. The Balaban J connectivity index is 1.25. The Labute approximate surface area is 293 Å². The number of hydrogen-bond donors (Lipinski definition) is 1. The Morgan fingerprint density at radius 3 is 2.66 bits per heavy atom. The molecule has 1 N–H and O–H groups in total. The summed E-state index contributed by atoms with van der Waals surface area (Å²) in [5, 5.41) is 4.82. The summed E-state index contributed by atoms with van der Waals surface area (Å²) in [6.45, 7) is 11.2. The molecule has 4 aliphatic rings. The first-order valence-electron chi connectivity index (χ1n) is 17.5. The van der Waals surface area contributed by atoms with Gasteiger partial charge in [-0.3, -0.25) is 4.79 Å². The molecule has 0 bridgehead atoms. The maximum atomic E-state index is 14.7. The third-order valence-electron chi connectivity index (χ3n) is 10.7. The van der Waals surface area contributed by atoms with Crippen LogP contribution in [0.2, 0.25) is 0 Å². The predicted octanol–water partition coefficient (Wildman–Crippen LogP) is 4.55. The van der Waals surface area contributed by atoms with E-state index in [-0.39, 0.29) is 49.3 Å². The number of halogens is 1. The molecule has 1 aromatic carbocycles. The van der Waals surface area contributed by atoms with E-state index in [9.17, 15) is 17.6 Å². The Bertz CT molecular complexity index is 1870. The summed E-state index contributed by atoms with van der Waals surface area (Å²) in [7, 11) is -1.67. The van der Waals surface area contributed by atoms with Gasteiger partial charge in [0, 0.05) is 62.7 Å². The van der Waals surface area contributed by atoms with Crippen LogP contribution in [0.5, 0.6) is 0 Å². The second-order valence-electron chi connectivity index (χ2n) is 14.1. The molecule has 50 heavy (non-hydrogen) atoms. The molecule has 0 aliphatic carbocycles. The molecule has 1 amide bonds. The van der Waals surface area contributed by atoms with Gasteiger partial charge in [-0.1, -0.05) is 20.4 Å². The minimum absolute atomic E-state index is 0.0253. The number of nitrogens with one attached hydrogen (secondary N) is 1. The third kappa shape index (κ3) is 6.53. The van der Waals surface area contributed by atoms with Gasteiger partial charge in [-0.05, 0) is 66.0 Å². The highest BCUT2D eigenvalue weighted by Crippen LogP contribution is 2.45. The Morgan fingerprint density at radius 2 is 1.94 bits per heavy atom. The summed E-state index contributed by atoms with van der Waals surface area (Å²) < 4.78 is 51.3. The van der Waals surface area contributed by atoms with Crippen molar-refractivity contribution in [2.45, 2.75) is 62.6 Å². The van der Waals surface area contributed by atoms with Gasteiger partial charge >= 0.3 is 0 Å². The summed E-state index contributed by atoms with van der Waals surface area (Å²) in [5.74, 6) is 1.64. The third-order valence-corrected chi connectivity index (χ3v) is 12.9. The molecule has 268 valence electrons. The number of aromatic nitrogens is 3. The summed E-state index contributed by atoms with van der Waals surface area (Å²) in [6.07, 6.45) is 5.63. The molecule has 14 heteroatoms. The molecule has 3 aromatic rings. The SMILES string of the molecule is C=CC(=O)N1CCC[C@@H]1c1cc(N2CC([C@H]3COCCS3(=O)=O)C2)c2cnc(Nc3ccnc(N4CC[C@@H](OC)[C@@H](F)C4)n3)cc2c1C(C)C. The van der Waals surface area contributed by atoms with Gasteiger partial charge in [0.05, 0.1) is 42.9 Å². The van der Waals surface area contributed by atoms with Gasteiger partial charge in [0.25, 0.3) is 0 Å². The number of piperidine rings is 1. The van der Waals surface area contributed by atoms with Crippen LogP contribution in [0.4, 0.5) is 27.7 Å². The fourth-order valence-corrected chi connectivity index (χ4v) is 9.81. The molecule has 4 saturated heterocycles. The highest BCUT2D eigenvalue weighted by molar-refractivity contribution is 7.92. The quantitative estimate of drug-likeness (QED) is 0.315. The summed E-state index contributed by atoms with van der Waals surface area (Å²) in [6, 6.07) is 5.89. The number of nitrogens with zero attached hydrogens (tertiary/aromatic N) is 6. The highest BCUT2D eigenvalue weighted by Gasteiger charge is 2.43. The lowest BCUT2D eigenvalue weighted by Crippen LogP contribution is -2.57. The predicted molar refractivity (Wildman–Crippen MR) is 192 cm³/mol. The lowest BCUT2D eigenvalue weighted by molar-refractivity contribution is -0.126. The number of alkyl halides is 1. The molecule has 0 radical (unpaired) electrons. The van der Waals surface area contributed by atoms with Crippen LogP contribution in [-0.2, 0) is 24.1 Å². The van der Waals surface area contributed by atoms with Crippen LogP contribution in [0.25, 0.3) is 10.8 Å². The largest absolute Gasteiger partial charge is 0.379 e. The Hall–Kier alpha value is -3.88. The van der Waals surface area contributed by atoms with E-state index >= 15 is 0 Å². The van der Waals surface area contributed by atoms with Crippen molar-refractivity contribution in [3.05, 3.63) is 54.4 Å². The second kappa shape index (κ2) is 14.0. The van der Waals surface area contributed by atoms with Crippen molar-refractivity contribution in [3.63, 3.8) is 0 Å². The Kier molecular flexibility index (Phi) is 9.70. The van der Waals surface area contributed by atoms with E-state index in [0.29, 0.717) is 50.2 Å². The number of carbonyl (C=O) groups is 1. The maximum absolute atomic E-state index is 14.7. The van der Waals surface area contributed by atoms with Gasteiger partial charge in [-0.15, -0.1) is 0 Å². The molecular weight excluding hydrogens is 662 g/mol. The number of amides is 1. The van der Waals surface area contributed by atoms with E-state index < -0.39 is 27.4 Å². The fourth-order valence-electron chi connectivity index (χ4n) is 8.10. The molecule has 4 fully saturated rings. The first-order chi connectivity index (χ1) is 24.1. The zero-order valence-corrected chi connectivity index (χ0v) is 29.7. The summed E-state index contributed by atoms with van der Waals surface area (Å²) in [5.41, 5.74) is 3.21. The molecule has 12 nitrogen and oxygen atoms in total. The smallest absolute Gasteiger partial charge is 0.246 e. The van der Waals surface area contributed by atoms with Gasteiger partial charge < -0.3 is 29.5 Å². The van der Waals surface area contributed by atoms with Gasteiger partial charge in [-0.25, -0.2) is 22.8 Å². The number of methoxy groups -OCH3 is 1. The van der Waals surface area contributed by atoms with Gasteiger partial charge in [0.2, 0.25) is 11.9 Å². The van der Waals surface area contributed by atoms with E-state index in [1.165, 1.54) is 13.2 Å². The lowest BCUT2D eigenvalue weighted by Gasteiger charge is -2.46. The maximum Gasteiger partial charge on any atom is 0.246 e. The minimum Gasteiger partial charge on any atom is -0.379 e. The van der Waals surface area contributed by atoms with Crippen LogP contribution in [0.1, 0.15) is 56.2 Å². The van der Waals surface area contributed by atoms with Crippen LogP contribution < -0.4 is 15.1 Å². The number of anilines is 4. The molecule has 0 saturated carbocycles. The summed E-state index contributed by atoms with van der Waals surface area (Å²) in [4.78, 5) is 32.9. The van der Waals surface area contributed by atoms with Crippen LogP contribution >= 0.6 is 0 Å². The standard InChI is InChI=1S/C36H46FN7O5S/c1-5-34(45)44-11-6-7-28(44)25-15-29(43-18-23(19-43)31-21-49-13-14-50(31,46)47)26-17-39-33(16-24(26)35(25)22(2)3)40-32-8-10-38-36(41-32)42-12-9-30(48-4)27(37)20-42/h5,8,10,15-17,22-23,27-28,30-31H,1,6-7,9,11-14,18-21H2,2-4H3,(H,38,39,40,41)/t27-,28+,30+,31+/m0/s1. The first kappa shape index (κ1) is 34.6. The lowest BCUT2D eigenvalue weighted by atomic mass is 9.85. The minimum atomic E-state index is -3.21. The average Bonchev–Trinajstić information content (AvgIpc) is 3.57. The highest BCUT2D eigenvalue weighted by atomic mass is 32.2. The summed E-state index contributed by atoms with van der Waals surface area (Å²) >= 11 is 0. The molecule has 2 aromatic heterocycles. The first-order valence-corrected chi connectivity index (χ1v) is 19.2. The monoisotopic (exact) mass is 707 g/mol. The van der Waals surface area contributed by atoms with Crippen LogP contribution in [0, 0.1) is 5.92 Å². The molecule has 0 spiro atoms. The topological polar surface area (TPSA) is 130 Å². The number of sulfone groups is 1. The number of ether oxygens (including phenoxy) is 2. The van der Waals surface area contributed by atoms with Crippen molar-refractivity contribution in [2.24, 2.45) is 5.92 Å². The van der Waals surface area contributed by atoms with E-state index in [2.05, 4.69) is 41.7 Å². The van der Waals surface area contributed by atoms with Gasteiger partial charge in [0.15, 0.2) is 9.84 Å². The van der Waals surface area contributed by atoms with Crippen LogP contribution in [0.3, 0.4) is 0 Å². The number of pyridine rings is 1. The zero-order chi connectivity index (χ0) is 35.2. The van der Waals surface area contributed by atoms with Crippen molar-refractivity contribution < 1.29 is 27.1 Å². The molecule has 4 atom stereocenters. The van der Waals surface area contributed by atoms with Gasteiger partial charge in [0.1, 0.15) is 17.8 Å². The molecular formula is C36H46FN7O5S. The van der Waals surface area contributed by atoms with Crippen molar-refractivity contribution >= 4 is 49.8 Å². The molecule has 4 aliphatic heterocycles. The molecule has 0 unspecified atom stereocenters. The van der Waals surface area contributed by atoms with E-state index in [1.807, 2.05) is 22.1 Å². The van der Waals surface area contributed by atoms with Crippen LogP contribution in [0.15, 0.2) is 43.2 Å². The van der Waals surface area contributed by atoms with E-state index in [0.717, 1.165) is 40.4 Å². The fraction of sp³-hybridized carbons (Fsp3) is 0.556. The number of benzene rings is 1.